The van der Waals surface area contributed by atoms with Gasteiger partial charge in [0, 0.05) is 16.5 Å². The van der Waals surface area contributed by atoms with Crippen LogP contribution in [0, 0.1) is 6.92 Å². The predicted molar refractivity (Wildman–Crippen MR) is 170 cm³/mol. The van der Waals surface area contributed by atoms with Gasteiger partial charge in [-0.2, -0.15) is 0 Å². The summed E-state index contributed by atoms with van der Waals surface area (Å²) in [5, 5.41) is 2.56. The van der Waals surface area contributed by atoms with Crippen LogP contribution in [0.1, 0.15) is 25.8 Å². The number of aromatic nitrogens is 1. The minimum Gasteiger partial charge on any atom is -0.310 e. The SMILES string of the molecule is C/C=C(\C=C/CC)n1c2ccccc2c2cc(-c3cccc(-c4cccc(-c5ccc(C)cc5)c4)c3)ccc21. The molecule has 0 amide bonds. The smallest absolute Gasteiger partial charge is 0.0541 e. The summed E-state index contributed by atoms with van der Waals surface area (Å²) in [6.45, 7) is 6.42. The van der Waals surface area contributed by atoms with Crippen molar-refractivity contribution in [3.63, 3.8) is 0 Å². The maximum absolute atomic E-state index is 2.38. The third-order valence-corrected chi connectivity index (χ3v) is 7.53. The van der Waals surface area contributed by atoms with E-state index in [4.69, 9.17) is 0 Å². The van der Waals surface area contributed by atoms with Gasteiger partial charge in [-0.3, -0.25) is 0 Å². The van der Waals surface area contributed by atoms with Crippen LogP contribution in [0.25, 0.3) is 60.9 Å². The van der Waals surface area contributed by atoms with Gasteiger partial charge in [0.15, 0.2) is 0 Å². The number of hydrogen-bond donors (Lipinski definition) is 0. The van der Waals surface area contributed by atoms with Crippen molar-refractivity contribution in [2.45, 2.75) is 27.2 Å². The van der Waals surface area contributed by atoms with Crippen LogP contribution >= 0.6 is 0 Å². The van der Waals surface area contributed by atoms with Gasteiger partial charge in [-0.15, -0.1) is 0 Å². The average molecular weight is 504 g/mol. The van der Waals surface area contributed by atoms with E-state index in [1.54, 1.807) is 0 Å². The number of nitrogens with zero attached hydrogens (tertiary/aromatic N) is 1. The molecule has 0 unspecified atom stereocenters. The van der Waals surface area contributed by atoms with Crippen molar-refractivity contribution in [3.05, 3.63) is 139 Å². The highest BCUT2D eigenvalue weighted by atomic mass is 15.0. The van der Waals surface area contributed by atoms with E-state index in [0.29, 0.717) is 0 Å². The number of para-hydroxylation sites is 1. The van der Waals surface area contributed by atoms with Crippen LogP contribution in [0.2, 0.25) is 0 Å². The molecule has 0 spiro atoms. The van der Waals surface area contributed by atoms with Crippen LogP contribution in [0.4, 0.5) is 0 Å². The van der Waals surface area contributed by atoms with Gasteiger partial charge in [0.2, 0.25) is 0 Å². The largest absolute Gasteiger partial charge is 0.310 e. The van der Waals surface area contributed by atoms with Crippen molar-refractivity contribution in [1.82, 2.24) is 4.57 Å². The number of fused-ring (bicyclic) bond motifs is 3. The highest BCUT2D eigenvalue weighted by Gasteiger charge is 2.13. The number of rotatable bonds is 6. The van der Waals surface area contributed by atoms with Crippen molar-refractivity contribution in [2.24, 2.45) is 0 Å². The Hall–Kier alpha value is -4.62. The summed E-state index contributed by atoms with van der Waals surface area (Å²) in [6, 6.07) is 42.1. The van der Waals surface area contributed by atoms with Crippen molar-refractivity contribution >= 4 is 27.5 Å². The standard InChI is InChI=1S/C38H33N/c1-4-6-15-34(5-2)39-37-17-8-7-16-35(37)36-26-33(22-23-38(36)39)32-14-10-13-31(25-32)30-12-9-11-29(24-30)28-20-18-27(3)19-21-28/h5-26H,4H2,1-3H3/b15-6-,34-5+. The third-order valence-electron chi connectivity index (χ3n) is 7.53. The summed E-state index contributed by atoms with van der Waals surface area (Å²) in [6.07, 6.45) is 7.67. The van der Waals surface area contributed by atoms with E-state index in [0.717, 1.165) is 6.42 Å². The molecule has 0 aliphatic rings. The molecule has 0 bridgehead atoms. The van der Waals surface area contributed by atoms with Crippen molar-refractivity contribution in [2.75, 3.05) is 0 Å². The van der Waals surface area contributed by atoms with E-state index in [9.17, 15) is 0 Å². The quantitative estimate of drug-likeness (QED) is 0.199. The van der Waals surface area contributed by atoms with E-state index in [1.807, 2.05) is 0 Å². The molecule has 0 fully saturated rings. The highest BCUT2D eigenvalue weighted by molar-refractivity contribution is 6.11. The van der Waals surface area contributed by atoms with Gasteiger partial charge in [-0.1, -0.05) is 110 Å². The number of allylic oxidation sites excluding steroid dienone is 4. The lowest BCUT2D eigenvalue weighted by atomic mass is 9.95. The number of aryl methyl sites for hydroxylation is 1. The van der Waals surface area contributed by atoms with Gasteiger partial charge in [-0.05, 0) is 90.1 Å². The Balaban J connectivity index is 1.44. The fourth-order valence-corrected chi connectivity index (χ4v) is 5.47. The lowest BCUT2D eigenvalue weighted by molar-refractivity contribution is 1.19. The van der Waals surface area contributed by atoms with E-state index in [2.05, 4.69) is 159 Å². The van der Waals surface area contributed by atoms with E-state index >= 15 is 0 Å². The van der Waals surface area contributed by atoms with Gasteiger partial charge in [-0.25, -0.2) is 0 Å². The second kappa shape index (κ2) is 10.6. The van der Waals surface area contributed by atoms with Gasteiger partial charge in [0.05, 0.1) is 11.0 Å². The van der Waals surface area contributed by atoms with Crippen LogP contribution in [0.5, 0.6) is 0 Å². The van der Waals surface area contributed by atoms with Crippen molar-refractivity contribution in [1.29, 1.82) is 0 Å². The summed E-state index contributed by atoms with van der Waals surface area (Å²) in [7, 11) is 0. The zero-order chi connectivity index (χ0) is 26.8. The average Bonchev–Trinajstić information content (AvgIpc) is 3.32. The third kappa shape index (κ3) is 4.73. The lowest BCUT2D eigenvalue weighted by Crippen LogP contribution is -1.94. The Morgan fingerprint density at radius 2 is 1.15 bits per heavy atom. The molecule has 6 aromatic rings. The molecule has 5 aromatic carbocycles. The van der Waals surface area contributed by atoms with E-state index < -0.39 is 0 Å². The van der Waals surface area contributed by atoms with Crippen LogP contribution in [-0.2, 0) is 0 Å². The van der Waals surface area contributed by atoms with Gasteiger partial charge in [0.25, 0.3) is 0 Å². The normalized spacial score (nSPS) is 12.1. The fourth-order valence-electron chi connectivity index (χ4n) is 5.47. The summed E-state index contributed by atoms with van der Waals surface area (Å²) >= 11 is 0. The van der Waals surface area contributed by atoms with E-state index in [1.165, 1.54) is 66.4 Å². The summed E-state index contributed by atoms with van der Waals surface area (Å²) in [5.41, 5.74) is 12.3. The van der Waals surface area contributed by atoms with Gasteiger partial charge in [0.1, 0.15) is 0 Å². The number of hydrogen-bond acceptors (Lipinski definition) is 0. The minimum absolute atomic E-state index is 1.02. The maximum atomic E-state index is 2.38. The minimum atomic E-state index is 1.02. The molecule has 1 nitrogen and oxygen atoms in total. The van der Waals surface area contributed by atoms with Crippen LogP contribution in [-0.4, -0.2) is 4.57 Å². The molecule has 0 aliphatic carbocycles. The zero-order valence-corrected chi connectivity index (χ0v) is 22.9. The first-order chi connectivity index (χ1) is 19.2. The Kier molecular flexibility index (Phi) is 6.73. The molecule has 190 valence electrons. The summed E-state index contributed by atoms with van der Waals surface area (Å²) < 4.78 is 2.38. The van der Waals surface area contributed by atoms with Gasteiger partial charge >= 0.3 is 0 Å². The van der Waals surface area contributed by atoms with Crippen LogP contribution < -0.4 is 0 Å². The molecule has 0 atom stereocenters. The molecule has 0 saturated heterocycles. The zero-order valence-electron chi connectivity index (χ0n) is 22.9. The maximum Gasteiger partial charge on any atom is 0.0541 e. The first-order valence-corrected chi connectivity index (χ1v) is 13.8. The summed E-state index contributed by atoms with van der Waals surface area (Å²) in [5.74, 6) is 0. The molecule has 0 aliphatic heterocycles. The molecule has 39 heavy (non-hydrogen) atoms. The second-order valence-electron chi connectivity index (χ2n) is 10.1. The Labute approximate surface area is 231 Å². The predicted octanol–water partition coefficient (Wildman–Crippen LogP) is 10.9. The van der Waals surface area contributed by atoms with Crippen molar-refractivity contribution in [3.8, 4) is 33.4 Å². The molecular formula is C38H33N. The Morgan fingerprint density at radius 1 is 0.590 bits per heavy atom. The monoisotopic (exact) mass is 503 g/mol. The molecular weight excluding hydrogens is 470 g/mol. The topological polar surface area (TPSA) is 4.93 Å². The second-order valence-corrected chi connectivity index (χ2v) is 10.1. The molecule has 1 heteroatoms. The van der Waals surface area contributed by atoms with Gasteiger partial charge < -0.3 is 4.57 Å². The fraction of sp³-hybridized carbons (Fsp3) is 0.105. The first-order valence-electron chi connectivity index (χ1n) is 13.8. The summed E-state index contributed by atoms with van der Waals surface area (Å²) in [4.78, 5) is 0. The van der Waals surface area contributed by atoms with Crippen LogP contribution in [0.3, 0.4) is 0 Å². The van der Waals surface area contributed by atoms with Crippen LogP contribution in [0.15, 0.2) is 133 Å². The molecule has 0 saturated carbocycles. The molecule has 1 heterocycles. The molecule has 1 aromatic heterocycles. The highest BCUT2D eigenvalue weighted by Crippen LogP contribution is 2.36. The molecule has 6 rings (SSSR count). The molecule has 0 N–H and O–H groups in total. The Bertz CT molecular complexity index is 1840. The Morgan fingerprint density at radius 3 is 1.79 bits per heavy atom. The molecule has 0 radical (unpaired) electrons. The lowest BCUT2D eigenvalue weighted by Gasteiger charge is -2.10. The first kappa shape index (κ1) is 24.7. The van der Waals surface area contributed by atoms with Crippen molar-refractivity contribution < 1.29 is 0 Å². The number of benzene rings is 5. The van der Waals surface area contributed by atoms with E-state index in [-0.39, 0.29) is 0 Å².